The molecule has 0 unspecified atom stereocenters. The van der Waals surface area contributed by atoms with E-state index in [0.29, 0.717) is 0 Å². The Balaban J connectivity index is 2.00. The minimum Gasteiger partial charge on any atom is -0.384 e. The number of hydrogen-bond acceptors (Lipinski definition) is 3. The first-order chi connectivity index (χ1) is 8.90. The molecule has 18 heavy (non-hydrogen) atoms. The number of aromatic nitrogens is 2. The van der Waals surface area contributed by atoms with Gasteiger partial charge in [0.15, 0.2) is 0 Å². The van der Waals surface area contributed by atoms with Crippen LogP contribution in [0.3, 0.4) is 0 Å². The standard InChI is InChI=1S/C14H17N3S/c1-18-8-7-17-10-15-9-13(17)12-4-2-3-11-5-6-16-14(11)12/h2-4,9-10,16H,5-8H2,1H3. The quantitative estimate of drug-likeness (QED) is 0.915. The molecule has 0 bridgehead atoms. The lowest BCUT2D eigenvalue weighted by molar-refractivity contribution is 0.778. The third-order valence-corrected chi connectivity index (χ3v) is 3.96. The van der Waals surface area contributed by atoms with Crippen LogP contribution in [0.15, 0.2) is 30.7 Å². The van der Waals surface area contributed by atoms with E-state index in [1.165, 1.54) is 22.5 Å². The first-order valence-electron chi connectivity index (χ1n) is 6.25. The monoisotopic (exact) mass is 259 g/mol. The van der Waals surface area contributed by atoms with Gasteiger partial charge in [0.2, 0.25) is 0 Å². The Labute approximate surface area is 112 Å². The Hall–Kier alpha value is -1.42. The van der Waals surface area contributed by atoms with Gasteiger partial charge in [-0.2, -0.15) is 11.8 Å². The lowest BCUT2D eigenvalue weighted by Crippen LogP contribution is -2.02. The lowest BCUT2D eigenvalue weighted by Gasteiger charge is -2.11. The van der Waals surface area contributed by atoms with E-state index in [4.69, 9.17) is 0 Å². The SMILES string of the molecule is CSCCn1cncc1-c1cccc2c1NCC2. The minimum atomic E-state index is 1.01. The van der Waals surface area contributed by atoms with E-state index in [-0.39, 0.29) is 0 Å². The molecule has 0 amide bonds. The van der Waals surface area contributed by atoms with Crippen LogP contribution in [0.1, 0.15) is 5.56 Å². The fourth-order valence-electron chi connectivity index (χ4n) is 2.47. The second-order valence-electron chi connectivity index (χ2n) is 4.48. The molecule has 0 saturated heterocycles. The number of para-hydroxylation sites is 1. The summed E-state index contributed by atoms with van der Waals surface area (Å²) >= 11 is 1.86. The first-order valence-corrected chi connectivity index (χ1v) is 7.65. The molecule has 0 radical (unpaired) electrons. The number of thioether (sulfide) groups is 1. The van der Waals surface area contributed by atoms with Crippen LogP contribution in [0.2, 0.25) is 0 Å². The van der Waals surface area contributed by atoms with Crippen LogP contribution in [0.4, 0.5) is 5.69 Å². The molecule has 0 fully saturated rings. The van der Waals surface area contributed by atoms with Gasteiger partial charge in [0.1, 0.15) is 0 Å². The topological polar surface area (TPSA) is 29.9 Å². The number of fused-ring (bicyclic) bond motifs is 1. The third kappa shape index (κ3) is 2.01. The maximum Gasteiger partial charge on any atom is 0.0951 e. The van der Waals surface area contributed by atoms with Crippen molar-refractivity contribution in [1.29, 1.82) is 0 Å². The highest BCUT2D eigenvalue weighted by Gasteiger charge is 2.16. The molecule has 94 valence electrons. The lowest BCUT2D eigenvalue weighted by atomic mass is 10.1. The molecule has 3 rings (SSSR count). The van der Waals surface area contributed by atoms with Crippen molar-refractivity contribution in [2.45, 2.75) is 13.0 Å². The highest BCUT2D eigenvalue weighted by Crippen LogP contribution is 2.34. The maximum atomic E-state index is 4.30. The van der Waals surface area contributed by atoms with E-state index >= 15 is 0 Å². The summed E-state index contributed by atoms with van der Waals surface area (Å²) < 4.78 is 2.24. The second kappa shape index (κ2) is 5.06. The van der Waals surface area contributed by atoms with Gasteiger partial charge in [-0.15, -0.1) is 0 Å². The molecule has 2 aromatic rings. The molecule has 3 nitrogen and oxygen atoms in total. The van der Waals surface area contributed by atoms with Gasteiger partial charge in [-0.25, -0.2) is 4.98 Å². The van der Waals surface area contributed by atoms with Crippen LogP contribution in [-0.4, -0.2) is 28.1 Å². The summed E-state index contributed by atoms with van der Waals surface area (Å²) in [5.41, 5.74) is 5.22. The molecule has 1 aliphatic rings. The zero-order valence-electron chi connectivity index (χ0n) is 10.5. The van der Waals surface area contributed by atoms with Gasteiger partial charge < -0.3 is 9.88 Å². The second-order valence-corrected chi connectivity index (χ2v) is 5.47. The average Bonchev–Trinajstić information content (AvgIpc) is 3.04. The molecule has 1 N–H and O–H groups in total. The smallest absolute Gasteiger partial charge is 0.0951 e. The van der Waals surface area contributed by atoms with Crippen LogP contribution in [0.5, 0.6) is 0 Å². The summed E-state index contributed by atoms with van der Waals surface area (Å²) in [6.07, 6.45) is 7.16. The van der Waals surface area contributed by atoms with Crippen LogP contribution < -0.4 is 5.32 Å². The van der Waals surface area contributed by atoms with Crippen molar-refractivity contribution in [3.63, 3.8) is 0 Å². The molecular weight excluding hydrogens is 242 g/mol. The molecule has 0 aliphatic carbocycles. The third-order valence-electron chi connectivity index (χ3n) is 3.37. The molecule has 0 atom stereocenters. The molecule has 1 aromatic heterocycles. The molecule has 1 aromatic carbocycles. The van der Waals surface area contributed by atoms with Crippen molar-refractivity contribution in [3.8, 4) is 11.3 Å². The van der Waals surface area contributed by atoms with Gasteiger partial charge in [0.05, 0.1) is 18.2 Å². The summed E-state index contributed by atoms with van der Waals surface area (Å²) in [7, 11) is 0. The van der Waals surface area contributed by atoms with Crippen LogP contribution in [0.25, 0.3) is 11.3 Å². The zero-order valence-corrected chi connectivity index (χ0v) is 11.3. The zero-order chi connectivity index (χ0) is 12.4. The maximum absolute atomic E-state index is 4.30. The van der Waals surface area contributed by atoms with E-state index < -0.39 is 0 Å². The van der Waals surface area contributed by atoms with Gasteiger partial charge >= 0.3 is 0 Å². The fourth-order valence-corrected chi connectivity index (χ4v) is 2.84. The van der Waals surface area contributed by atoms with Gasteiger partial charge in [-0.05, 0) is 18.2 Å². The van der Waals surface area contributed by atoms with E-state index in [2.05, 4.69) is 39.3 Å². The highest BCUT2D eigenvalue weighted by atomic mass is 32.2. The summed E-state index contributed by atoms with van der Waals surface area (Å²) in [4.78, 5) is 4.30. The van der Waals surface area contributed by atoms with E-state index in [0.717, 1.165) is 25.3 Å². The Morgan fingerprint density at radius 2 is 2.39 bits per heavy atom. The predicted octanol–water partition coefficient (Wildman–Crippen LogP) is 2.88. The Morgan fingerprint density at radius 3 is 3.28 bits per heavy atom. The molecule has 0 spiro atoms. The number of rotatable bonds is 4. The molecule has 1 aliphatic heterocycles. The summed E-state index contributed by atoms with van der Waals surface area (Å²) in [6, 6.07) is 6.54. The van der Waals surface area contributed by atoms with Crippen molar-refractivity contribution < 1.29 is 0 Å². The molecule has 0 saturated carbocycles. The number of aryl methyl sites for hydroxylation is 1. The van der Waals surface area contributed by atoms with Crippen LogP contribution in [-0.2, 0) is 13.0 Å². The summed E-state index contributed by atoms with van der Waals surface area (Å²) in [5, 5.41) is 3.49. The van der Waals surface area contributed by atoms with Gasteiger partial charge in [-0.1, -0.05) is 18.2 Å². The summed E-state index contributed by atoms with van der Waals surface area (Å²) in [6.45, 7) is 2.06. The van der Waals surface area contributed by atoms with Crippen molar-refractivity contribution in [2.75, 3.05) is 23.9 Å². The number of nitrogens with one attached hydrogen (secondary N) is 1. The fraction of sp³-hybridized carbons (Fsp3) is 0.357. The Bertz CT molecular complexity index is 548. The average molecular weight is 259 g/mol. The van der Waals surface area contributed by atoms with Crippen LogP contribution >= 0.6 is 11.8 Å². The normalized spacial score (nSPS) is 13.4. The molecule has 4 heteroatoms. The Morgan fingerprint density at radius 1 is 1.44 bits per heavy atom. The van der Waals surface area contributed by atoms with E-state index in [1.807, 2.05) is 24.3 Å². The van der Waals surface area contributed by atoms with Gasteiger partial charge in [0.25, 0.3) is 0 Å². The van der Waals surface area contributed by atoms with Crippen molar-refractivity contribution in [2.24, 2.45) is 0 Å². The van der Waals surface area contributed by atoms with Crippen molar-refractivity contribution >= 4 is 17.4 Å². The number of hydrogen-bond donors (Lipinski definition) is 1. The largest absolute Gasteiger partial charge is 0.384 e. The van der Waals surface area contributed by atoms with Crippen LogP contribution in [0, 0.1) is 0 Å². The van der Waals surface area contributed by atoms with E-state index in [1.54, 1.807) is 0 Å². The first kappa shape index (κ1) is 11.7. The number of imidazole rings is 1. The minimum absolute atomic E-state index is 1.01. The summed E-state index contributed by atoms with van der Waals surface area (Å²) in [5.74, 6) is 1.12. The van der Waals surface area contributed by atoms with Crippen molar-refractivity contribution in [1.82, 2.24) is 9.55 Å². The number of anilines is 1. The Kier molecular flexibility index (Phi) is 3.28. The van der Waals surface area contributed by atoms with E-state index in [9.17, 15) is 0 Å². The highest BCUT2D eigenvalue weighted by molar-refractivity contribution is 7.98. The predicted molar refractivity (Wildman–Crippen MR) is 78.2 cm³/mol. The number of nitrogens with zero attached hydrogens (tertiary/aromatic N) is 2. The van der Waals surface area contributed by atoms with Gasteiger partial charge in [-0.3, -0.25) is 0 Å². The molecule has 2 heterocycles. The molecular formula is C14H17N3S. The van der Waals surface area contributed by atoms with Gasteiger partial charge in [0, 0.05) is 30.1 Å². The van der Waals surface area contributed by atoms with Crippen molar-refractivity contribution in [3.05, 3.63) is 36.3 Å². The number of benzene rings is 1.